The Morgan fingerprint density at radius 1 is 0.967 bits per heavy atom. The highest BCUT2D eigenvalue weighted by Crippen LogP contribution is 2.29. The summed E-state index contributed by atoms with van der Waals surface area (Å²) >= 11 is 0. The molecule has 2 aliphatic carbocycles. The number of halogens is 2. The SMILES string of the molecule is O=C(C1CCC(NS(=O)(=O)c2ccc(F)cc2F)CC1)N1CCN(C2CCC2)CC1. The lowest BCUT2D eigenvalue weighted by molar-refractivity contribution is -0.139. The molecule has 0 aromatic heterocycles. The molecule has 6 nitrogen and oxygen atoms in total. The Morgan fingerprint density at radius 2 is 1.63 bits per heavy atom. The maximum absolute atomic E-state index is 13.9. The molecule has 3 fully saturated rings. The van der Waals surface area contributed by atoms with Gasteiger partial charge in [0.05, 0.1) is 0 Å². The molecule has 0 spiro atoms. The van der Waals surface area contributed by atoms with Gasteiger partial charge in [-0.1, -0.05) is 6.42 Å². The lowest BCUT2D eigenvalue weighted by atomic mass is 9.85. The van der Waals surface area contributed by atoms with Crippen LogP contribution in [0.15, 0.2) is 23.1 Å². The summed E-state index contributed by atoms with van der Waals surface area (Å²) in [5, 5.41) is 0. The Kier molecular flexibility index (Phi) is 6.41. The molecular weight excluding hydrogens is 412 g/mol. The first kappa shape index (κ1) is 21.6. The van der Waals surface area contributed by atoms with Crippen LogP contribution in [0.1, 0.15) is 44.9 Å². The molecule has 1 aromatic rings. The Morgan fingerprint density at radius 3 is 2.20 bits per heavy atom. The van der Waals surface area contributed by atoms with Gasteiger partial charge in [-0.3, -0.25) is 9.69 Å². The van der Waals surface area contributed by atoms with Gasteiger partial charge in [-0.25, -0.2) is 21.9 Å². The van der Waals surface area contributed by atoms with Gasteiger partial charge in [0, 0.05) is 50.2 Å². The highest BCUT2D eigenvalue weighted by atomic mass is 32.2. The average molecular weight is 442 g/mol. The Bertz CT molecular complexity index is 875. The summed E-state index contributed by atoms with van der Waals surface area (Å²) in [4.78, 5) is 16.8. The van der Waals surface area contributed by atoms with Crippen molar-refractivity contribution in [2.24, 2.45) is 5.92 Å². The van der Waals surface area contributed by atoms with Crippen molar-refractivity contribution in [2.45, 2.75) is 61.9 Å². The van der Waals surface area contributed by atoms with Crippen molar-refractivity contribution in [2.75, 3.05) is 26.2 Å². The molecule has 3 aliphatic rings. The van der Waals surface area contributed by atoms with Crippen LogP contribution >= 0.6 is 0 Å². The van der Waals surface area contributed by atoms with Crippen molar-refractivity contribution < 1.29 is 22.0 Å². The maximum atomic E-state index is 13.9. The van der Waals surface area contributed by atoms with Crippen LogP contribution in [0, 0.1) is 17.6 Å². The number of rotatable bonds is 5. The van der Waals surface area contributed by atoms with Crippen LogP contribution < -0.4 is 4.72 Å². The van der Waals surface area contributed by atoms with Gasteiger partial charge < -0.3 is 4.90 Å². The van der Waals surface area contributed by atoms with E-state index in [9.17, 15) is 22.0 Å². The zero-order valence-electron chi connectivity index (χ0n) is 17.0. The molecule has 0 bridgehead atoms. The third-order valence-electron chi connectivity index (χ3n) is 6.80. The summed E-state index contributed by atoms with van der Waals surface area (Å²) in [6.45, 7) is 3.42. The summed E-state index contributed by atoms with van der Waals surface area (Å²) in [6.07, 6.45) is 6.14. The highest BCUT2D eigenvalue weighted by Gasteiger charge is 2.34. The normalized spacial score (nSPS) is 26.4. The van der Waals surface area contributed by atoms with Crippen LogP contribution in [0.3, 0.4) is 0 Å². The smallest absolute Gasteiger partial charge is 0.243 e. The fourth-order valence-corrected chi connectivity index (χ4v) is 6.12. The number of nitrogens with zero attached hydrogens (tertiary/aromatic N) is 2. The van der Waals surface area contributed by atoms with Crippen molar-refractivity contribution in [1.82, 2.24) is 14.5 Å². The summed E-state index contributed by atoms with van der Waals surface area (Å²) in [7, 11) is -4.07. The second-order valence-electron chi connectivity index (χ2n) is 8.69. The van der Waals surface area contributed by atoms with Crippen molar-refractivity contribution in [3.63, 3.8) is 0 Å². The van der Waals surface area contributed by atoms with E-state index in [1.54, 1.807) is 0 Å². The minimum Gasteiger partial charge on any atom is -0.340 e. The van der Waals surface area contributed by atoms with Gasteiger partial charge >= 0.3 is 0 Å². The molecule has 1 N–H and O–H groups in total. The molecule has 2 saturated carbocycles. The van der Waals surface area contributed by atoms with Gasteiger partial charge in [-0.15, -0.1) is 0 Å². The third-order valence-corrected chi connectivity index (χ3v) is 8.35. The number of benzene rings is 1. The summed E-state index contributed by atoms with van der Waals surface area (Å²) < 4.78 is 54.4. The van der Waals surface area contributed by atoms with E-state index in [1.807, 2.05) is 4.90 Å². The van der Waals surface area contributed by atoms with E-state index in [1.165, 1.54) is 19.3 Å². The Balaban J connectivity index is 1.27. The van der Waals surface area contributed by atoms with E-state index in [-0.39, 0.29) is 17.9 Å². The molecule has 1 saturated heterocycles. The number of amides is 1. The highest BCUT2D eigenvalue weighted by molar-refractivity contribution is 7.89. The van der Waals surface area contributed by atoms with Crippen LogP contribution in [0.2, 0.25) is 0 Å². The van der Waals surface area contributed by atoms with Crippen molar-refractivity contribution in [1.29, 1.82) is 0 Å². The molecule has 1 aromatic carbocycles. The van der Waals surface area contributed by atoms with E-state index in [0.717, 1.165) is 38.3 Å². The fraction of sp³-hybridized carbons (Fsp3) is 0.667. The minimum absolute atomic E-state index is 0.0800. The molecule has 0 atom stereocenters. The number of nitrogens with one attached hydrogen (secondary N) is 1. The summed E-state index contributed by atoms with van der Waals surface area (Å²) in [5.74, 6) is -1.83. The van der Waals surface area contributed by atoms with E-state index in [4.69, 9.17) is 0 Å². The number of piperazine rings is 1. The maximum Gasteiger partial charge on any atom is 0.243 e. The standard InChI is InChI=1S/C21H29F2N3O3S/c22-16-6-9-20(19(23)14-16)30(28,29)24-17-7-4-15(5-8-17)21(27)26-12-10-25(11-13-26)18-2-1-3-18/h6,9,14-15,17-18,24H,1-5,7-8,10-13H2. The molecule has 0 radical (unpaired) electrons. The van der Waals surface area contributed by atoms with Gasteiger partial charge in [0.2, 0.25) is 15.9 Å². The molecule has 1 heterocycles. The first-order chi connectivity index (χ1) is 14.3. The van der Waals surface area contributed by atoms with Crippen LogP contribution in [-0.4, -0.2) is 62.4 Å². The van der Waals surface area contributed by atoms with Crippen LogP contribution in [0.4, 0.5) is 8.78 Å². The predicted molar refractivity (Wildman–Crippen MR) is 108 cm³/mol. The van der Waals surface area contributed by atoms with Gasteiger partial charge in [-0.05, 0) is 50.7 Å². The van der Waals surface area contributed by atoms with Crippen LogP contribution in [-0.2, 0) is 14.8 Å². The lowest BCUT2D eigenvalue weighted by Gasteiger charge is -2.44. The topological polar surface area (TPSA) is 69.7 Å². The second kappa shape index (κ2) is 8.88. The van der Waals surface area contributed by atoms with E-state index >= 15 is 0 Å². The first-order valence-electron chi connectivity index (χ1n) is 10.8. The number of hydrogen-bond acceptors (Lipinski definition) is 4. The number of sulfonamides is 1. The predicted octanol–water partition coefficient (Wildman–Crippen LogP) is 2.50. The van der Waals surface area contributed by atoms with Crippen molar-refractivity contribution in [3.8, 4) is 0 Å². The zero-order valence-corrected chi connectivity index (χ0v) is 17.8. The van der Waals surface area contributed by atoms with Gasteiger partial charge in [0.1, 0.15) is 16.5 Å². The molecular formula is C21H29F2N3O3S. The molecule has 0 unspecified atom stereocenters. The monoisotopic (exact) mass is 441 g/mol. The van der Waals surface area contributed by atoms with Gasteiger partial charge in [0.15, 0.2) is 0 Å². The first-order valence-corrected chi connectivity index (χ1v) is 12.3. The third kappa shape index (κ3) is 4.68. The van der Waals surface area contributed by atoms with Gasteiger partial charge in [-0.2, -0.15) is 0 Å². The minimum atomic E-state index is -4.07. The number of carbonyl (C=O) groups is 1. The fourth-order valence-electron chi connectivity index (χ4n) is 4.75. The second-order valence-corrected chi connectivity index (χ2v) is 10.4. The van der Waals surface area contributed by atoms with Crippen molar-refractivity contribution in [3.05, 3.63) is 29.8 Å². The average Bonchev–Trinajstić information content (AvgIpc) is 2.67. The van der Waals surface area contributed by atoms with E-state index in [2.05, 4.69) is 9.62 Å². The van der Waals surface area contributed by atoms with Gasteiger partial charge in [0.25, 0.3) is 0 Å². The molecule has 1 aliphatic heterocycles. The molecule has 4 rings (SSSR count). The largest absolute Gasteiger partial charge is 0.340 e. The number of hydrogen-bond donors (Lipinski definition) is 1. The van der Waals surface area contributed by atoms with Crippen molar-refractivity contribution >= 4 is 15.9 Å². The quantitative estimate of drug-likeness (QED) is 0.762. The van der Waals surface area contributed by atoms with E-state index in [0.29, 0.717) is 37.8 Å². The van der Waals surface area contributed by atoms with Crippen LogP contribution in [0.25, 0.3) is 0 Å². The van der Waals surface area contributed by atoms with Crippen LogP contribution in [0.5, 0.6) is 0 Å². The Hall–Kier alpha value is -1.58. The van der Waals surface area contributed by atoms with E-state index < -0.39 is 26.6 Å². The Labute approximate surface area is 176 Å². The summed E-state index contributed by atoms with van der Waals surface area (Å²) in [5.41, 5.74) is 0. The molecule has 1 amide bonds. The summed E-state index contributed by atoms with van der Waals surface area (Å²) in [6, 6.07) is 2.79. The number of carbonyl (C=O) groups excluding carboxylic acids is 1. The molecule has 30 heavy (non-hydrogen) atoms. The zero-order chi connectivity index (χ0) is 21.3. The molecule has 9 heteroatoms. The lowest BCUT2D eigenvalue weighted by Crippen LogP contribution is -2.54. The molecule has 166 valence electrons.